The highest BCUT2D eigenvalue weighted by atomic mass is 35.5. The minimum Gasteiger partial charge on any atom is -0.300 e. The Kier molecular flexibility index (Phi) is 3.12. The Balaban J connectivity index is 2.48. The first kappa shape index (κ1) is 11.2. The van der Waals surface area contributed by atoms with Gasteiger partial charge in [-0.15, -0.1) is 0 Å². The van der Waals surface area contributed by atoms with Gasteiger partial charge in [0, 0.05) is 23.5 Å². The van der Waals surface area contributed by atoms with Crippen LogP contribution in [0, 0.1) is 16.7 Å². The lowest BCUT2D eigenvalue weighted by Crippen LogP contribution is -2.05. The molecule has 0 radical (unpaired) electrons. The average molecular weight is 243 g/mol. The molecule has 0 aromatic carbocycles. The molecule has 0 fully saturated rings. The molecule has 5 heteroatoms. The van der Waals surface area contributed by atoms with Crippen LogP contribution < -0.4 is 0 Å². The quantitative estimate of drug-likeness (QED) is 0.649. The summed E-state index contributed by atoms with van der Waals surface area (Å²) in [6, 6.07) is 8.58. The van der Waals surface area contributed by atoms with Gasteiger partial charge in [0.05, 0.1) is 5.71 Å². The molecule has 0 saturated carbocycles. The molecule has 4 nitrogen and oxygen atoms in total. The van der Waals surface area contributed by atoms with Gasteiger partial charge in [0.25, 0.3) is 0 Å². The number of hydrogen-bond acceptors (Lipinski definition) is 4. The topological polar surface area (TPSA) is 73.4 Å². The van der Waals surface area contributed by atoms with E-state index in [4.69, 9.17) is 22.3 Å². The van der Waals surface area contributed by atoms with Crippen LogP contribution in [0.2, 0.25) is 5.15 Å². The number of nitrogens with zero attached hydrogens (tertiary/aromatic N) is 3. The van der Waals surface area contributed by atoms with Gasteiger partial charge in [0.15, 0.2) is 0 Å². The molecule has 0 aliphatic heterocycles. The van der Waals surface area contributed by atoms with Crippen LogP contribution in [0.5, 0.6) is 0 Å². The van der Waals surface area contributed by atoms with Crippen LogP contribution >= 0.6 is 11.6 Å². The zero-order valence-electron chi connectivity index (χ0n) is 8.68. The maximum absolute atomic E-state index is 8.92. The van der Waals surface area contributed by atoms with Crippen molar-refractivity contribution in [2.24, 2.45) is 0 Å². The molecular weight excluding hydrogens is 236 g/mol. The molecule has 82 valence electrons. The van der Waals surface area contributed by atoms with Crippen LogP contribution in [-0.2, 0) is 0 Å². The van der Waals surface area contributed by atoms with Crippen molar-refractivity contribution >= 4 is 17.3 Å². The van der Waals surface area contributed by atoms with Crippen molar-refractivity contribution in [3.63, 3.8) is 0 Å². The van der Waals surface area contributed by atoms with E-state index in [1.165, 1.54) is 12.4 Å². The Hall–Kier alpha value is -2.25. The molecule has 2 aromatic heterocycles. The van der Waals surface area contributed by atoms with Crippen molar-refractivity contribution in [2.75, 3.05) is 0 Å². The second-order valence-corrected chi connectivity index (χ2v) is 3.64. The largest absolute Gasteiger partial charge is 0.300 e. The summed E-state index contributed by atoms with van der Waals surface area (Å²) >= 11 is 5.76. The molecule has 0 atom stereocenters. The number of halogens is 1. The number of nitriles is 1. The Labute approximate surface area is 103 Å². The third kappa shape index (κ3) is 2.30. The predicted molar refractivity (Wildman–Crippen MR) is 64.1 cm³/mol. The number of nitrogens with one attached hydrogen (secondary N) is 1. The number of aromatic nitrogens is 2. The second-order valence-electron chi connectivity index (χ2n) is 3.25. The van der Waals surface area contributed by atoms with Gasteiger partial charge in [-0.1, -0.05) is 11.6 Å². The third-order valence-electron chi connectivity index (χ3n) is 2.20. The Morgan fingerprint density at radius 2 is 2.12 bits per heavy atom. The Bertz CT molecular complexity index is 616. The summed E-state index contributed by atoms with van der Waals surface area (Å²) < 4.78 is 0. The molecule has 1 N–H and O–H groups in total. The summed E-state index contributed by atoms with van der Waals surface area (Å²) in [5, 5.41) is 17.3. The minimum atomic E-state index is 0.207. The van der Waals surface area contributed by atoms with E-state index in [0.29, 0.717) is 16.3 Å². The summed E-state index contributed by atoms with van der Waals surface area (Å²) in [4.78, 5) is 7.76. The maximum Gasteiger partial charge on any atom is 0.149 e. The van der Waals surface area contributed by atoms with Gasteiger partial charge in [-0.25, -0.2) is 9.97 Å². The van der Waals surface area contributed by atoms with Crippen molar-refractivity contribution in [1.29, 1.82) is 10.7 Å². The van der Waals surface area contributed by atoms with Crippen LogP contribution in [0.1, 0.15) is 16.8 Å². The van der Waals surface area contributed by atoms with Crippen LogP contribution in [-0.4, -0.2) is 15.7 Å². The molecule has 2 rings (SSSR count). The fourth-order valence-corrected chi connectivity index (χ4v) is 1.58. The van der Waals surface area contributed by atoms with E-state index in [0.717, 1.165) is 0 Å². The van der Waals surface area contributed by atoms with E-state index in [9.17, 15) is 0 Å². The first-order valence-electron chi connectivity index (χ1n) is 4.78. The Morgan fingerprint density at radius 3 is 2.82 bits per heavy atom. The minimum absolute atomic E-state index is 0.207. The van der Waals surface area contributed by atoms with Gasteiger partial charge in [0.1, 0.15) is 16.9 Å². The molecule has 17 heavy (non-hydrogen) atoms. The molecule has 0 bridgehead atoms. The summed E-state index contributed by atoms with van der Waals surface area (Å²) in [5.41, 5.74) is 1.52. The SMILES string of the molecule is N#Cc1ncccc1C(=N)c1ccnc(Cl)c1. The fourth-order valence-electron chi connectivity index (χ4n) is 1.41. The molecule has 0 unspecified atom stereocenters. The third-order valence-corrected chi connectivity index (χ3v) is 2.40. The van der Waals surface area contributed by atoms with Gasteiger partial charge < -0.3 is 0 Å². The van der Waals surface area contributed by atoms with E-state index in [1.807, 2.05) is 6.07 Å². The van der Waals surface area contributed by atoms with Crippen LogP contribution in [0.15, 0.2) is 36.7 Å². The molecule has 0 spiro atoms. The molecule has 0 aliphatic carbocycles. The van der Waals surface area contributed by atoms with E-state index < -0.39 is 0 Å². The summed E-state index contributed by atoms with van der Waals surface area (Å²) in [6.45, 7) is 0. The highest BCUT2D eigenvalue weighted by Crippen LogP contribution is 2.14. The van der Waals surface area contributed by atoms with Crippen molar-refractivity contribution in [3.05, 3.63) is 58.6 Å². The van der Waals surface area contributed by atoms with Gasteiger partial charge >= 0.3 is 0 Å². The maximum atomic E-state index is 8.92. The molecule has 0 aliphatic rings. The van der Waals surface area contributed by atoms with Crippen molar-refractivity contribution < 1.29 is 0 Å². The number of rotatable bonds is 2. The smallest absolute Gasteiger partial charge is 0.149 e. The van der Waals surface area contributed by atoms with Gasteiger partial charge in [0.2, 0.25) is 0 Å². The predicted octanol–water partition coefficient (Wildman–Crippen LogP) is 2.42. The van der Waals surface area contributed by atoms with E-state index in [1.54, 1.807) is 24.3 Å². The average Bonchev–Trinajstić information content (AvgIpc) is 2.38. The van der Waals surface area contributed by atoms with Crippen LogP contribution in [0.4, 0.5) is 0 Å². The number of pyridine rings is 2. The first-order valence-corrected chi connectivity index (χ1v) is 5.16. The molecule has 2 heterocycles. The summed E-state index contributed by atoms with van der Waals surface area (Å²) in [6.07, 6.45) is 3.05. The van der Waals surface area contributed by atoms with E-state index >= 15 is 0 Å². The van der Waals surface area contributed by atoms with Crippen molar-refractivity contribution in [3.8, 4) is 6.07 Å². The van der Waals surface area contributed by atoms with Gasteiger partial charge in [-0.2, -0.15) is 5.26 Å². The van der Waals surface area contributed by atoms with E-state index in [-0.39, 0.29) is 11.4 Å². The lowest BCUT2D eigenvalue weighted by Gasteiger charge is -2.05. The summed E-state index contributed by atoms with van der Waals surface area (Å²) in [7, 11) is 0. The second kappa shape index (κ2) is 4.73. The summed E-state index contributed by atoms with van der Waals surface area (Å²) in [5.74, 6) is 0. The zero-order valence-corrected chi connectivity index (χ0v) is 9.44. The molecule has 2 aromatic rings. The van der Waals surface area contributed by atoms with Gasteiger partial charge in [-0.3, -0.25) is 5.41 Å². The Morgan fingerprint density at radius 1 is 1.29 bits per heavy atom. The van der Waals surface area contributed by atoms with Gasteiger partial charge in [-0.05, 0) is 24.3 Å². The van der Waals surface area contributed by atoms with Crippen LogP contribution in [0.3, 0.4) is 0 Å². The standard InChI is InChI=1S/C12H7ClN4/c13-11-6-8(3-5-17-11)12(15)9-2-1-4-16-10(9)7-14/h1-6,15H. The fraction of sp³-hybridized carbons (Fsp3) is 0. The van der Waals surface area contributed by atoms with Crippen molar-refractivity contribution in [1.82, 2.24) is 9.97 Å². The molecule has 0 saturated heterocycles. The van der Waals surface area contributed by atoms with Crippen LogP contribution in [0.25, 0.3) is 0 Å². The normalized spacial score (nSPS) is 9.65. The monoisotopic (exact) mass is 242 g/mol. The number of hydrogen-bond donors (Lipinski definition) is 1. The zero-order chi connectivity index (χ0) is 12.3. The highest BCUT2D eigenvalue weighted by Gasteiger charge is 2.10. The highest BCUT2D eigenvalue weighted by molar-refractivity contribution is 6.30. The lowest BCUT2D eigenvalue weighted by atomic mass is 10.0. The lowest BCUT2D eigenvalue weighted by molar-refractivity contribution is 1.24. The van der Waals surface area contributed by atoms with Crippen molar-refractivity contribution in [2.45, 2.75) is 0 Å². The molecule has 0 amide bonds. The molecular formula is C12H7ClN4. The first-order chi connectivity index (χ1) is 8.22. The van der Waals surface area contributed by atoms with E-state index in [2.05, 4.69) is 9.97 Å².